The van der Waals surface area contributed by atoms with Crippen molar-refractivity contribution in [3.63, 3.8) is 0 Å². The van der Waals surface area contributed by atoms with Gasteiger partial charge in [-0.2, -0.15) is 4.98 Å². The van der Waals surface area contributed by atoms with Gasteiger partial charge in [-0.1, -0.05) is 29.4 Å². The van der Waals surface area contributed by atoms with Crippen LogP contribution in [0.2, 0.25) is 5.02 Å². The molecule has 0 aliphatic heterocycles. The van der Waals surface area contributed by atoms with Crippen LogP contribution in [0.4, 0.5) is 0 Å². The van der Waals surface area contributed by atoms with Crippen LogP contribution in [0.15, 0.2) is 37.8 Å². The van der Waals surface area contributed by atoms with Crippen molar-refractivity contribution in [3.8, 4) is 0 Å². The molecule has 0 saturated heterocycles. The number of aromatic nitrogens is 3. The Bertz CT molecular complexity index is 771. The highest BCUT2D eigenvalue weighted by atomic mass is 35.5. The van der Waals surface area contributed by atoms with E-state index >= 15 is 0 Å². The van der Waals surface area contributed by atoms with Crippen molar-refractivity contribution in [2.45, 2.75) is 23.0 Å². The zero-order valence-corrected chi connectivity index (χ0v) is 13.4. The van der Waals surface area contributed by atoms with Gasteiger partial charge in [0.2, 0.25) is 0 Å². The van der Waals surface area contributed by atoms with Crippen LogP contribution in [0.5, 0.6) is 0 Å². The molecule has 2 aromatic rings. The molecular weight excluding hydrogens is 312 g/mol. The highest BCUT2D eigenvalue weighted by Gasteiger charge is 2.11. The van der Waals surface area contributed by atoms with Crippen molar-refractivity contribution in [2.75, 3.05) is 7.05 Å². The molecule has 0 amide bonds. The van der Waals surface area contributed by atoms with Crippen molar-refractivity contribution in [1.82, 2.24) is 20.1 Å². The summed E-state index contributed by atoms with van der Waals surface area (Å²) < 4.78 is 1.41. The summed E-state index contributed by atoms with van der Waals surface area (Å²) >= 11 is 7.52. The van der Waals surface area contributed by atoms with Crippen molar-refractivity contribution < 1.29 is 0 Å². The molecule has 1 aromatic carbocycles. The lowest BCUT2D eigenvalue weighted by Gasteiger charge is -2.13. The number of nitrogens with one attached hydrogen (secondary N) is 2. The molecule has 0 saturated carbocycles. The van der Waals surface area contributed by atoms with E-state index < -0.39 is 11.1 Å². The van der Waals surface area contributed by atoms with Crippen LogP contribution in [0, 0.1) is 0 Å². The third-order valence-corrected chi connectivity index (χ3v) is 4.39. The van der Waals surface area contributed by atoms with Gasteiger partial charge in [-0.05, 0) is 31.7 Å². The fourth-order valence-electron chi connectivity index (χ4n) is 1.74. The first-order chi connectivity index (χ1) is 9.92. The molecule has 2 rings (SSSR count). The summed E-state index contributed by atoms with van der Waals surface area (Å²) in [6.07, 6.45) is 0. The predicted molar refractivity (Wildman–Crippen MR) is 83.1 cm³/mol. The minimum absolute atomic E-state index is 0.145. The van der Waals surface area contributed by atoms with Gasteiger partial charge >= 0.3 is 11.1 Å². The lowest BCUT2D eigenvalue weighted by Crippen LogP contribution is -2.33. The van der Waals surface area contributed by atoms with Gasteiger partial charge in [0.05, 0.1) is 0 Å². The molecule has 0 radical (unpaired) electrons. The Morgan fingerprint density at radius 3 is 2.76 bits per heavy atom. The van der Waals surface area contributed by atoms with E-state index in [4.69, 9.17) is 11.6 Å². The monoisotopic (exact) mass is 326 g/mol. The maximum absolute atomic E-state index is 11.3. The summed E-state index contributed by atoms with van der Waals surface area (Å²) in [6.45, 7) is 2.02. The Morgan fingerprint density at radius 2 is 2.14 bits per heavy atom. The number of hydrogen-bond acceptors (Lipinski definition) is 5. The number of aryl methyl sites for hydroxylation is 1. The average Bonchev–Trinajstić information content (AvgIpc) is 2.44. The average molecular weight is 327 g/mol. The first kappa shape index (κ1) is 15.8. The first-order valence-electron chi connectivity index (χ1n) is 6.24. The minimum atomic E-state index is -0.804. The first-order valence-corrected chi connectivity index (χ1v) is 7.43. The number of halogens is 1. The molecule has 2 N–H and O–H groups in total. The molecule has 0 spiro atoms. The Labute approximate surface area is 130 Å². The Balaban J connectivity index is 2.33. The number of H-pyrrole nitrogens is 1. The summed E-state index contributed by atoms with van der Waals surface area (Å²) in [5, 5.41) is 6.56. The second-order valence-corrected chi connectivity index (χ2v) is 5.94. The van der Waals surface area contributed by atoms with Crippen LogP contribution in [0.25, 0.3) is 0 Å². The van der Waals surface area contributed by atoms with E-state index in [9.17, 15) is 9.59 Å². The van der Waals surface area contributed by atoms with E-state index in [1.165, 1.54) is 16.4 Å². The molecule has 112 valence electrons. The quantitative estimate of drug-likeness (QED) is 0.833. The van der Waals surface area contributed by atoms with Gasteiger partial charge < -0.3 is 5.32 Å². The van der Waals surface area contributed by atoms with Gasteiger partial charge in [-0.25, -0.2) is 0 Å². The van der Waals surface area contributed by atoms with E-state index in [1.807, 2.05) is 32.2 Å². The lowest BCUT2D eigenvalue weighted by atomic mass is 10.1. The normalized spacial score (nSPS) is 12.4. The van der Waals surface area contributed by atoms with Crippen molar-refractivity contribution in [2.24, 2.45) is 7.05 Å². The molecule has 0 fully saturated rings. The Hall–Kier alpha value is -1.57. The van der Waals surface area contributed by atoms with Crippen LogP contribution in [0.3, 0.4) is 0 Å². The molecule has 1 heterocycles. The minimum Gasteiger partial charge on any atom is -0.313 e. The summed E-state index contributed by atoms with van der Waals surface area (Å²) in [7, 11) is 3.49. The zero-order valence-electron chi connectivity index (χ0n) is 11.8. The summed E-state index contributed by atoms with van der Waals surface area (Å²) in [5.74, 6) is 0. The van der Waals surface area contributed by atoms with Crippen molar-refractivity contribution >= 4 is 23.4 Å². The number of aromatic amines is 1. The van der Waals surface area contributed by atoms with E-state index in [0.717, 1.165) is 10.5 Å². The lowest BCUT2D eigenvalue weighted by molar-refractivity contribution is 0.596. The smallest absolute Gasteiger partial charge is 0.313 e. The topological polar surface area (TPSA) is 79.8 Å². The molecule has 1 unspecified atom stereocenters. The van der Waals surface area contributed by atoms with Gasteiger partial charge in [0.15, 0.2) is 5.16 Å². The van der Waals surface area contributed by atoms with Gasteiger partial charge in [-0.15, -0.1) is 0 Å². The Kier molecular flexibility index (Phi) is 4.87. The van der Waals surface area contributed by atoms with Crippen molar-refractivity contribution in [3.05, 3.63) is 49.5 Å². The predicted octanol–water partition coefficient (Wildman–Crippen LogP) is 1.55. The summed E-state index contributed by atoms with van der Waals surface area (Å²) in [4.78, 5) is 27.1. The molecule has 1 aromatic heterocycles. The second kappa shape index (κ2) is 6.46. The standard InChI is InChI=1S/C13H15ClN4O2S/c1-7(15-2)9-5-4-8(6-10(9)14)21-13-16-11(19)12(20)17-18(13)3/h4-7,15H,1-3H3,(H,17,20). The maximum atomic E-state index is 11.3. The van der Waals surface area contributed by atoms with Gasteiger partial charge in [-0.3, -0.25) is 19.4 Å². The van der Waals surface area contributed by atoms with Crippen LogP contribution >= 0.6 is 23.4 Å². The Morgan fingerprint density at radius 1 is 1.43 bits per heavy atom. The zero-order chi connectivity index (χ0) is 15.6. The molecule has 0 aliphatic carbocycles. The molecular formula is C13H15ClN4O2S. The van der Waals surface area contributed by atoms with E-state index in [0.29, 0.717) is 10.2 Å². The number of benzene rings is 1. The highest BCUT2D eigenvalue weighted by molar-refractivity contribution is 7.99. The number of nitrogens with zero attached hydrogens (tertiary/aromatic N) is 2. The largest absolute Gasteiger partial charge is 0.339 e. The van der Waals surface area contributed by atoms with Gasteiger partial charge in [0, 0.05) is 23.0 Å². The fraction of sp³-hybridized carbons (Fsp3) is 0.308. The van der Waals surface area contributed by atoms with Crippen LogP contribution in [0.1, 0.15) is 18.5 Å². The van der Waals surface area contributed by atoms with Crippen LogP contribution < -0.4 is 16.4 Å². The van der Waals surface area contributed by atoms with E-state index in [2.05, 4.69) is 15.4 Å². The maximum Gasteiger partial charge on any atom is 0.339 e. The molecule has 0 bridgehead atoms. The summed E-state index contributed by atoms with van der Waals surface area (Å²) in [6, 6.07) is 5.78. The van der Waals surface area contributed by atoms with E-state index in [1.54, 1.807) is 7.05 Å². The van der Waals surface area contributed by atoms with Crippen LogP contribution in [-0.2, 0) is 7.05 Å². The SMILES string of the molecule is CNC(C)c1ccc(Sc2nc(=O)c(=O)[nH]n2C)cc1Cl. The number of rotatable bonds is 4. The molecule has 21 heavy (non-hydrogen) atoms. The highest BCUT2D eigenvalue weighted by Crippen LogP contribution is 2.30. The van der Waals surface area contributed by atoms with Crippen molar-refractivity contribution in [1.29, 1.82) is 0 Å². The molecule has 0 aliphatic rings. The van der Waals surface area contributed by atoms with Gasteiger partial charge in [0.1, 0.15) is 0 Å². The van der Waals surface area contributed by atoms with E-state index in [-0.39, 0.29) is 6.04 Å². The fourth-order valence-corrected chi connectivity index (χ4v) is 2.98. The second-order valence-electron chi connectivity index (χ2n) is 4.50. The van der Waals surface area contributed by atoms with Crippen LogP contribution in [-0.4, -0.2) is 21.8 Å². The summed E-state index contributed by atoms with van der Waals surface area (Å²) in [5.41, 5.74) is -0.549. The van der Waals surface area contributed by atoms with Gasteiger partial charge in [0.25, 0.3) is 0 Å². The molecule has 6 nitrogen and oxygen atoms in total. The third-order valence-electron chi connectivity index (χ3n) is 3.03. The third kappa shape index (κ3) is 3.55. The molecule has 1 atom stereocenters. The molecule has 8 heteroatoms. The number of hydrogen-bond donors (Lipinski definition) is 2.